The predicted octanol–water partition coefficient (Wildman–Crippen LogP) is 2.01. The molecular formula is C14H19N3O2. The molecule has 0 aliphatic rings. The van der Waals surface area contributed by atoms with Gasteiger partial charge in [0.15, 0.2) is 0 Å². The van der Waals surface area contributed by atoms with Crippen LogP contribution in [0.25, 0.3) is 11.0 Å². The number of rotatable bonds is 7. The Morgan fingerprint density at radius 2 is 1.79 bits per heavy atom. The molecule has 19 heavy (non-hydrogen) atoms. The van der Waals surface area contributed by atoms with Crippen LogP contribution in [0.2, 0.25) is 0 Å². The second kappa shape index (κ2) is 7.01. The van der Waals surface area contributed by atoms with E-state index in [1.165, 1.54) is 0 Å². The fourth-order valence-corrected chi connectivity index (χ4v) is 1.74. The van der Waals surface area contributed by atoms with Crippen molar-refractivity contribution in [3.05, 3.63) is 30.0 Å². The van der Waals surface area contributed by atoms with Gasteiger partial charge in [0.2, 0.25) is 0 Å². The van der Waals surface area contributed by atoms with E-state index in [1.807, 2.05) is 31.2 Å². The van der Waals surface area contributed by atoms with Gasteiger partial charge in [-0.2, -0.15) is 0 Å². The zero-order chi connectivity index (χ0) is 13.5. The highest BCUT2D eigenvalue weighted by atomic mass is 16.5. The molecule has 0 radical (unpaired) electrons. The molecule has 0 saturated carbocycles. The van der Waals surface area contributed by atoms with Gasteiger partial charge in [-0.3, -0.25) is 0 Å². The van der Waals surface area contributed by atoms with Gasteiger partial charge >= 0.3 is 0 Å². The molecule has 1 N–H and O–H groups in total. The fraction of sp³-hybridized carbons (Fsp3) is 0.429. The summed E-state index contributed by atoms with van der Waals surface area (Å²) in [4.78, 5) is 9.07. The number of hydrogen-bond donors (Lipinski definition) is 1. The van der Waals surface area contributed by atoms with E-state index in [-0.39, 0.29) is 0 Å². The monoisotopic (exact) mass is 261 g/mol. The van der Waals surface area contributed by atoms with Gasteiger partial charge in [-0.15, -0.1) is 0 Å². The third-order valence-corrected chi connectivity index (χ3v) is 2.72. The summed E-state index contributed by atoms with van der Waals surface area (Å²) < 4.78 is 10.3. The average Bonchev–Trinajstić information content (AvgIpc) is 2.43. The lowest BCUT2D eigenvalue weighted by Crippen LogP contribution is -2.13. The van der Waals surface area contributed by atoms with Gasteiger partial charge in [-0.1, -0.05) is 12.1 Å². The highest BCUT2D eigenvalue weighted by Crippen LogP contribution is 2.15. The molecule has 0 aliphatic carbocycles. The molecule has 1 heterocycles. The summed E-state index contributed by atoms with van der Waals surface area (Å²) in [5, 5.41) is 3.24. The Morgan fingerprint density at radius 1 is 1.05 bits per heavy atom. The number of aryl methyl sites for hydroxylation is 1. The second-order valence-corrected chi connectivity index (χ2v) is 4.18. The van der Waals surface area contributed by atoms with Crippen LogP contribution < -0.4 is 5.32 Å². The van der Waals surface area contributed by atoms with Crippen LogP contribution in [0.5, 0.6) is 0 Å². The van der Waals surface area contributed by atoms with E-state index in [0.29, 0.717) is 26.4 Å². The Hall–Kier alpha value is -1.72. The molecule has 0 atom stereocenters. The van der Waals surface area contributed by atoms with Gasteiger partial charge in [-0.25, -0.2) is 9.97 Å². The van der Waals surface area contributed by atoms with Crippen LogP contribution in [0.4, 0.5) is 5.82 Å². The molecular weight excluding hydrogens is 242 g/mol. The summed E-state index contributed by atoms with van der Waals surface area (Å²) in [6, 6.07) is 7.85. The number of nitrogens with zero attached hydrogens (tertiary/aromatic N) is 2. The Morgan fingerprint density at radius 3 is 2.53 bits per heavy atom. The maximum atomic E-state index is 5.39. The van der Waals surface area contributed by atoms with Crippen LogP contribution in [0.15, 0.2) is 24.3 Å². The van der Waals surface area contributed by atoms with Crippen molar-refractivity contribution in [3.63, 3.8) is 0 Å². The lowest BCUT2D eigenvalue weighted by Gasteiger charge is -2.09. The lowest BCUT2D eigenvalue weighted by molar-refractivity contribution is 0.0759. The molecule has 0 unspecified atom stereocenters. The first-order chi connectivity index (χ1) is 9.31. The van der Waals surface area contributed by atoms with Gasteiger partial charge < -0.3 is 14.8 Å². The fourth-order valence-electron chi connectivity index (χ4n) is 1.74. The molecule has 0 bridgehead atoms. The molecule has 0 aliphatic heterocycles. The first kappa shape index (κ1) is 13.7. The second-order valence-electron chi connectivity index (χ2n) is 4.18. The summed E-state index contributed by atoms with van der Waals surface area (Å²) in [6.45, 7) is 4.51. The van der Waals surface area contributed by atoms with Crippen molar-refractivity contribution in [3.8, 4) is 0 Å². The van der Waals surface area contributed by atoms with Gasteiger partial charge in [0, 0.05) is 13.7 Å². The highest BCUT2D eigenvalue weighted by Gasteiger charge is 2.03. The molecule has 5 nitrogen and oxygen atoms in total. The normalized spacial score (nSPS) is 10.8. The van der Waals surface area contributed by atoms with E-state index in [4.69, 9.17) is 9.47 Å². The molecule has 1 aromatic heterocycles. The quantitative estimate of drug-likeness (QED) is 0.773. The van der Waals surface area contributed by atoms with Crippen molar-refractivity contribution in [2.75, 3.05) is 38.8 Å². The van der Waals surface area contributed by atoms with E-state index < -0.39 is 0 Å². The van der Waals surface area contributed by atoms with Crippen molar-refractivity contribution in [1.29, 1.82) is 0 Å². The van der Waals surface area contributed by atoms with Crippen molar-refractivity contribution < 1.29 is 9.47 Å². The molecule has 2 aromatic rings. The van der Waals surface area contributed by atoms with Gasteiger partial charge in [0.05, 0.1) is 36.5 Å². The molecule has 0 fully saturated rings. The van der Waals surface area contributed by atoms with Gasteiger partial charge in [-0.05, 0) is 19.1 Å². The number of fused-ring (bicyclic) bond motifs is 1. The number of para-hydroxylation sites is 2. The molecule has 0 spiro atoms. The summed E-state index contributed by atoms with van der Waals surface area (Å²) in [5.74, 6) is 0.814. The summed E-state index contributed by atoms with van der Waals surface area (Å²) in [5.41, 5.74) is 2.72. The number of methoxy groups -OCH3 is 1. The van der Waals surface area contributed by atoms with Crippen LogP contribution in [-0.4, -0.2) is 43.4 Å². The third kappa shape index (κ3) is 3.87. The Kier molecular flexibility index (Phi) is 5.06. The summed E-state index contributed by atoms with van der Waals surface area (Å²) in [7, 11) is 1.66. The van der Waals surface area contributed by atoms with Crippen molar-refractivity contribution in [2.45, 2.75) is 6.92 Å². The van der Waals surface area contributed by atoms with Crippen molar-refractivity contribution in [2.24, 2.45) is 0 Å². The zero-order valence-electron chi connectivity index (χ0n) is 11.3. The molecule has 0 amide bonds. The minimum atomic E-state index is 0.612. The maximum Gasteiger partial charge on any atom is 0.148 e. The lowest BCUT2D eigenvalue weighted by atomic mass is 10.3. The average molecular weight is 261 g/mol. The first-order valence-electron chi connectivity index (χ1n) is 6.35. The molecule has 0 saturated heterocycles. The van der Waals surface area contributed by atoms with Crippen molar-refractivity contribution in [1.82, 2.24) is 9.97 Å². The first-order valence-corrected chi connectivity index (χ1v) is 6.35. The SMILES string of the molecule is COCCOCCNc1nc2ccccc2nc1C. The number of aromatic nitrogens is 2. The number of hydrogen-bond acceptors (Lipinski definition) is 5. The Labute approximate surface area is 113 Å². The predicted molar refractivity (Wildman–Crippen MR) is 75.5 cm³/mol. The molecule has 1 aromatic carbocycles. The van der Waals surface area contributed by atoms with E-state index in [2.05, 4.69) is 15.3 Å². The van der Waals surface area contributed by atoms with E-state index in [1.54, 1.807) is 7.11 Å². The molecule has 102 valence electrons. The minimum Gasteiger partial charge on any atom is -0.382 e. The number of ether oxygens (including phenoxy) is 2. The molecule has 2 rings (SSSR count). The van der Waals surface area contributed by atoms with Crippen LogP contribution in [0.1, 0.15) is 5.69 Å². The van der Waals surface area contributed by atoms with Crippen LogP contribution in [-0.2, 0) is 9.47 Å². The van der Waals surface area contributed by atoms with Gasteiger partial charge in [0.1, 0.15) is 5.82 Å². The minimum absolute atomic E-state index is 0.612. The Balaban J connectivity index is 1.91. The van der Waals surface area contributed by atoms with Crippen LogP contribution >= 0.6 is 0 Å². The van der Waals surface area contributed by atoms with Crippen molar-refractivity contribution >= 4 is 16.9 Å². The van der Waals surface area contributed by atoms with E-state index >= 15 is 0 Å². The van der Waals surface area contributed by atoms with E-state index in [0.717, 1.165) is 22.5 Å². The molecule has 5 heteroatoms. The highest BCUT2D eigenvalue weighted by molar-refractivity contribution is 5.76. The van der Waals surface area contributed by atoms with Crippen LogP contribution in [0.3, 0.4) is 0 Å². The van der Waals surface area contributed by atoms with Crippen LogP contribution in [0, 0.1) is 6.92 Å². The Bertz CT molecular complexity index is 531. The summed E-state index contributed by atoms with van der Waals surface area (Å²) >= 11 is 0. The topological polar surface area (TPSA) is 56.3 Å². The number of benzene rings is 1. The number of anilines is 1. The number of nitrogens with one attached hydrogen (secondary N) is 1. The third-order valence-electron chi connectivity index (χ3n) is 2.72. The zero-order valence-corrected chi connectivity index (χ0v) is 11.3. The largest absolute Gasteiger partial charge is 0.382 e. The standard InChI is InChI=1S/C14H19N3O2/c1-11-14(15-7-8-19-10-9-18-2)17-13-6-4-3-5-12(13)16-11/h3-6H,7-10H2,1-2H3,(H,15,17). The van der Waals surface area contributed by atoms with E-state index in [9.17, 15) is 0 Å². The van der Waals surface area contributed by atoms with Gasteiger partial charge in [0.25, 0.3) is 0 Å². The summed E-state index contributed by atoms with van der Waals surface area (Å²) in [6.07, 6.45) is 0. The smallest absolute Gasteiger partial charge is 0.148 e. The maximum absolute atomic E-state index is 5.39.